The quantitative estimate of drug-likeness (QED) is 0.731. The lowest BCUT2D eigenvalue weighted by molar-refractivity contribution is 0.398. The molecule has 1 rings (SSSR count). The van der Waals surface area contributed by atoms with E-state index >= 15 is 0 Å². The molecule has 0 saturated carbocycles. The molecule has 0 amide bonds. The molecular formula is C12H20N2. The van der Waals surface area contributed by atoms with Crippen LogP contribution in [0.15, 0.2) is 12.1 Å². The van der Waals surface area contributed by atoms with Crippen LogP contribution in [0.1, 0.15) is 51.4 Å². The van der Waals surface area contributed by atoms with E-state index in [1.165, 1.54) is 12.8 Å². The van der Waals surface area contributed by atoms with Crippen molar-refractivity contribution in [3.63, 3.8) is 0 Å². The Morgan fingerprint density at radius 3 is 2.36 bits per heavy atom. The molecular weight excluding hydrogens is 172 g/mol. The molecule has 1 aromatic heterocycles. The molecule has 1 atom stereocenters. The Morgan fingerprint density at radius 1 is 1.21 bits per heavy atom. The minimum atomic E-state index is 0.204. The van der Waals surface area contributed by atoms with Crippen LogP contribution >= 0.6 is 0 Å². The summed E-state index contributed by atoms with van der Waals surface area (Å²) in [7, 11) is 0. The van der Waals surface area contributed by atoms with Gasteiger partial charge in [0.15, 0.2) is 0 Å². The number of aryl methyl sites for hydroxylation is 1. The van der Waals surface area contributed by atoms with Crippen LogP contribution in [0.5, 0.6) is 0 Å². The molecule has 0 spiro atoms. The highest BCUT2D eigenvalue weighted by Gasteiger charge is 2.25. The molecule has 2 heteroatoms. The van der Waals surface area contributed by atoms with E-state index in [4.69, 9.17) is 0 Å². The molecule has 0 fully saturated rings. The van der Waals surface area contributed by atoms with Crippen LogP contribution in [0.3, 0.4) is 0 Å². The molecule has 2 nitrogen and oxygen atoms in total. The van der Waals surface area contributed by atoms with Gasteiger partial charge in [0.25, 0.3) is 0 Å². The minimum absolute atomic E-state index is 0.204. The second kappa shape index (κ2) is 4.54. The molecule has 0 aliphatic carbocycles. The second-order valence-electron chi connectivity index (χ2n) is 4.22. The highest BCUT2D eigenvalue weighted by atomic mass is 15.1. The van der Waals surface area contributed by atoms with E-state index < -0.39 is 0 Å². The third-order valence-electron chi connectivity index (χ3n) is 3.00. The zero-order valence-corrected chi connectivity index (χ0v) is 9.67. The average Bonchev–Trinajstić information content (AvgIpc) is 2.19. The lowest BCUT2D eigenvalue weighted by atomic mass is 9.80. The van der Waals surface area contributed by atoms with E-state index in [1.54, 1.807) is 0 Å². The Hall–Kier alpha value is -0.920. The summed E-state index contributed by atoms with van der Waals surface area (Å²) in [5, 5.41) is 8.42. The zero-order valence-electron chi connectivity index (χ0n) is 9.67. The molecule has 0 radical (unpaired) electrons. The van der Waals surface area contributed by atoms with Crippen molar-refractivity contribution >= 4 is 0 Å². The summed E-state index contributed by atoms with van der Waals surface area (Å²) >= 11 is 0. The van der Waals surface area contributed by atoms with E-state index in [0.29, 0.717) is 0 Å². The van der Waals surface area contributed by atoms with Gasteiger partial charge in [-0.25, -0.2) is 0 Å². The fraction of sp³-hybridized carbons (Fsp3) is 0.667. The Labute approximate surface area is 86.8 Å². The van der Waals surface area contributed by atoms with Gasteiger partial charge < -0.3 is 0 Å². The largest absolute Gasteiger partial charge is 0.156 e. The van der Waals surface area contributed by atoms with E-state index in [2.05, 4.69) is 37.0 Å². The molecule has 0 aromatic carbocycles. The minimum Gasteiger partial charge on any atom is -0.156 e. The van der Waals surface area contributed by atoms with E-state index in [9.17, 15) is 0 Å². The molecule has 0 N–H and O–H groups in total. The predicted molar refractivity (Wildman–Crippen MR) is 59.3 cm³/mol. The van der Waals surface area contributed by atoms with Crippen molar-refractivity contribution in [2.75, 3.05) is 0 Å². The molecule has 0 aliphatic heterocycles. The van der Waals surface area contributed by atoms with Crippen molar-refractivity contribution in [3.8, 4) is 0 Å². The molecule has 1 aromatic rings. The van der Waals surface area contributed by atoms with Crippen molar-refractivity contribution in [2.45, 2.75) is 52.4 Å². The van der Waals surface area contributed by atoms with Gasteiger partial charge in [0.1, 0.15) is 0 Å². The summed E-state index contributed by atoms with van der Waals surface area (Å²) in [6.07, 6.45) is 3.50. The Balaban J connectivity index is 2.94. The third-order valence-corrected chi connectivity index (χ3v) is 3.00. The van der Waals surface area contributed by atoms with Gasteiger partial charge >= 0.3 is 0 Å². The standard InChI is InChI=1S/C12H20N2/c1-5-9-12(4,6-2)11-8-7-10(3)13-14-11/h7-8H,5-6,9H2,1-4H3. The maximum Gasteiger partial charge on any atom is 0.0690 e. The van der Waals surface area contributed by atoms with E-state index in [1.807, 2.05) is 13.0 Å². The van der Waals surface area contributed by atoms with Gasteiger partial charge in [-0.05, 0) is 31.9 Å². The summed E-state index contributed by atoms with van der Waals surface area (Å²) in [4.78, 5) is 0. The van der Waals surface area contributed by atoms with Gasteiger partial charge in [0.05, 0.1) is 11.4 Å². The number of rotatable bonds is 4. The molecule has 1 unspecified atom stereocenters. The predicted octanol–water partition coefficient (Wildman–Crippen LogP) is 3.25. The third kappa shape index (κ3) is 2.31. The number of nitrogens with zero attached hydrogens (tertiary/aromatic N) is 2. The van der Waals surface area contributed by atoms with Crippen LogP contribution in [-0.4, -0.2) is 10.2 Å². The van der Waals surface area contributed by atoms with Crippen LogP contribution in [0.4, 0.5) is 0 Å². The van der Waals surface area contributed by atoms with Gasteiger partial charge in [0, 0.05) is 5.41 Å². The smallest absolute Gasteiger partial charge is 0.0690 e. The van der Waals surface area contributed by atoms with Crippen molar-refractivity contribution in [1.82, 2.24) is 10.2 Å². The van der Waals surface area contributed by atoms with Gasteiger partial charge in [-0.1, -0.05) is 27.2 Å². The average molecular weight is 192 g/mol. The first-order valence-electron chi connectivity index (χ1n) is 5.43. The van der Waals surface area contributed by atoms with Crippen molar-refractivity contribution < 1.29 is 0 Å². The van der Waals surface area contributed by atoms with Crippen molar-refractivity contribution in [2.24, 2.45) is 0 Å². The van der Waals surface area contributed by atoms with Crippen molar-refractivity contribution in [1.29, 1.82) is 0 Å². The molecule has 0 aliphatic rings. The topological polar surface area (TPSA) is 25.8 Å². The van der Waals surface area contributed by atoms with E-state index in [0.717, 1.165) is 17.8 Å². The summed E-state index contributed by atoms with van der Waals surface area (Å²) in [6.45, 7) is 8.68. The SMILES string of the molecule is CCCC(C)(CC)c1ccc(C)nn1. The van der Waals surface area contributed by atoms with Gasteiger partial charge in [-0.3, -0.25) is 0 Å². The monoisotopic (exact) mass is 192 g/mol. The normalized spacial score (nSPS) is 15.1. The number of aromatic nitrogens is 2. The molecule has 78 valence electrons. The van der Waals surface area contributed by atoms with Gasteiger partial charge in [-0.2, -0.15) is 10.2 Å². The first kappa shape index (κ1) is 11.2. The molecule has 0 saturated heterocycles. The van der Waals surface area contributed by atoms with E-state index in [-0.39, 0.29) is 5.41 Å². The van der Waals surface area contributed by atoms with Crippen LogP contribution in [0, 0.1) is 6.92 Å². The zero-order chi connectivity index (χ0) is 10.6. The van der Waals surface area contributed by atoms with Crippen LogP contribution in [0.25, 0.3) is 0 Å². The summed E-state index contributed by atoms with van der Waals surface area (Å²) in [5.41, 5.74) is 2.33. The second-order valence-corrected chi connectivity index (χ2v) is 4.22. The Bertz CT molecular complexity index is 279. The highest BCUT2D eigenvalue weighted by molar-refractivity contribution is 5.15. The summed E-state index contributed by atoms with van der Waals surface area (Å²) in [5.74, 6) is 0. The van der Waals surface area contributed by atoms with Crippen LogP contribution < -0.4 is 0 Å². The van der Waals surface area contributed by atoms with Crippen molar-refractivity contribution in [3.05, 3.63) is 23.5 Å². The summed E-state index contributed by atoms with van der Waals surface area (Å²) < 4.78 is 0. The first-order chi connectivity index (χ1) is 6.62. The first-order valence-corrected chi connectivity index (χ1v) is 5.43. The number of hydrogen-bond donors (Lipinski definition) is 0. The fourth-order valence-corrected chi connectivity index (χ4v) is 1.76. The van der Waals surface area contributed by atoms with Crippen LogP contribution in [0.2, 0.25) is 0 Å². The molecule has 1 heterocycles. The maximum absolute atomic E-state index is 4.29. The Kier molecular flexibility index (Phi) is 3.62. The van der Waals surface area contributed by atoms with Crippen LogP contribution in [-0.2, 0) is 5.41 Å². The van der Waals surface area contributed by atoms with Gasteiger partial charge in [-0.15, -0.1) is 0 Å². The lowest BCUT2D eigenvalue weighted by Crippen LogP contribution is -2.22. The van der Waals surface area contributed by atoms with Gasteiger partial charge in [0.2, 0.25) is 0 Å². The number of hydrogen-bond acceptors (Lipinski definition) is 2. The molecule has 14 heavy (non-hydrogen) atoms. The molecule has 0 bridgehead atoms. The maximum atomic E-state index is 4.29. The highest BCUT2D eigenvalue weighted by Crippen LogP contribution is 2.30. The Morgan fingerprint density at radius 2 is 1.93 bits per heavy atom. The summed E-state index contributed by atoms with van der Waals surface area (Å²) in [6, 6.07) is 4.16. The fourth-order valence-electron chi connectivity index (χ4n) is 1.76. The lowest BCUT2D eigenvalue weighted by Gasteiger charge is -2.26.